The van der Waals surface area contributed by atoms with Crippen molar-refractivity contribution in [1.29, 1.82) is 0 Å². The molecule has 0 spiro atoms. The van der Waals surface area contributed by atoms with Gasteiger partial charge in [0.15, 0.2) is 0 Å². The van der Waals surface area contributed by atoms with Crippen molar-refractivity contribution in [2.24, 2.45) is 5.92 Å². The lowest BCUT2D eigenvalue weighted by Gasteiger charge is -2.19. The van der Waals surface area contributed by atoms with Gasteiger partial charge in [-0.2, -0.15) is 0 Å². The second-order valence-corrected chi connectivity index (χ2v) is 8.50. The lowest BCUT2D eigenvalue weighted by Crippen LogP contribution is -2.33. The molecular formula is C18H30N2O3S. The van der Waals surface area contributed by atoms with Gasteiger partial charge < -0.3 is 5.32 Å². The van der Waals surface area contributed by atoms with Crippen LogP contribution in [0.5, 0.6) is 0 Å². The average Bonchev–Trinajstić information content (AvgIpc) is 2.48. The predicted molar refractivity (Wildman–Crippen MR) is 97.8 cm³/mol. The summed E-state index contributed by atoms with van der Waals surface area (Å²) in [5.74, 6) is 0.227. The molecule has 0 saturated carbocycles. The quantitative estimate of drug-likeness (QED) is 0.790. The van der Waals surface area contributed by atoms with Crippen LogP contribution in [0.4, 0.5) is 0 Å². The summed E-state index contributed by atoms with van der Waals surface area (Å²) in [6, 6.07) is 0. The molecule has 0 aromatic heterocycles. The first-order chi connectivity index (χ1) is 11.0. The number of carbonyl (C=O) groups is 1. The highest BCUT2D eigenvalue weighted by Gasteiger charge is 2.23. The van der Waals surface area contributed by atoms with Gasteiger partial charge in [-0.05, 0) is 68.4 Å². The Hall–Kier alpha value is -1.40. The Morgan fingerprint density at radius 1 is 0.917 bits per heavy atom. The second-order valence-electron chi connectivity index (χ2n) is 6.80. The van der Waals surface area contributed by atoms with Gasteiger partial charge in [-0.25, -0.2) is 13.1 Å². The van der Waals surface area contributed by atoms with Crippen LogP contribution in [0.2, 0.25) is 0 Å². The number of rotatable bonds is 7. The minimum absolute atomic E-state index is 0.0944. The van der Waals surface area contributed by atoms with E-state index in [-0.39, 0.29) is 18.9 Å². The first-order valence-electron chi connectivity index (χ1n) is 8.32. The van der Waals surface area contributed by atoms with E-state index in [1.54, 1.807) is 0 Å². The Labute approximate surface area is 146 Å². The van der Waals surface area contributed by atoms with E-state index in [2.05, 4.69) is 10.0 Å². The normalized spacial score (nSPS) is 11.8. The minimum atomic E-state index is -3.64. The van der Waals surface area contributed by atoms with Crippen molar-refractivity contribution in [3.63, 3.8) is 0 Å². The molecule has 0 bridgehead atoms. The fourth-order valence-corrected chi connectivity index (χ4v) is 4.27. The van der Waals surface area contributed by atoms with Gasteiger partial charge in [-0.15, -0.1) is 0 Å². The van der Waals surface area contributed by atoms with E-state index < -0.39 is 10.0 Å². The van der Waals surface area contributed by atoms with Gasteiger partial charge in [0, 0.05) is 19.5 Å². The molecule has 0 heterocycles. The zero-order valence-corrected chi connectivity index (χ0v) is 16.6. The molecule has 0 unspecified atom stereocenters. The first kappa shape index (κ1) is 20.6. The number of hydrogen-bond donors (Lipinski definition) is 2. The fourth-order valence-electron chi connectivity index (χ4n) is 2.65. The maximum Gasteiger partial charge on any atom is 0.241 e. The van der Waals surface area contributed by atoms with E-state index in [4.69, 9.17) is 0 Å². The molecule has 136 valence electrons. The third-order valence-electron chi connectivity index (χ3n) is 4.55. The highest BCUT2D eigenvalue weighted by atomic mass is 32.2. The summed E-state index contributed by atoms with van der Waals surface area (Å²) in [7, 11) is -3.64. The molecule has 0 radical (unpaired) electrons. The van der Waals surface area contributed by atoms with Crippen molar-refractivity contribution in [2.45, 2.75) is 59.8 Å². The topological polar surface area (TPSA) is 75.3 Å². The largest absolute Gasteiger partial charge is 0.356 e. The van der Waals surface area contributed by atoms with Crippen molar-refractivity contribution in [1.82, 2.24) is 10.0 Å². The van der Waals surface area contributed by atoms with Crippen molar-refractivity contribution < 1.29 is 13.2 Å². The van der Waals surface area contributed by atoms with Crippen molar-refractivity contribution in [3.05, 3.63) is 27.8 Å². The zero-order valence-electron chi connectivity index (χ0n) is 15.8. The highest BCUT2D eigenvalue weighted by molar-refractivity contribution is 7.89. The number of hydrogen-bond acceptors (Lipinski definition) is 3. The molecule has 1 aromatic carbocycles. The van der Waals surface area contributed by atoms with Crippen molar-refractivity contribution in [2.75, 3.05) is 13.1 Å². The Morgan fingerprint density at radius 3 is 1.83 bits per heavy atom. The number of sulfonamides is 1. The van der Waals surface area contributed by atoms with Gasteiger partial charge in [0.25, 0.3) is 0 Å². The van der Waals surface area contributed by atoms with E-state index in [9.17, 15) is 13.2 Å². The van der Waals surface area contributed by atoms with Crippen LogP contribution in [-0.2, 0) is 14.8 Å². The van der Waals surface area contributed by atoms with Crippen LogP contribution in [0.15, 0.2) is 4.90 Å². The lowest BCUT2D eigenvalue weighted by molar-refractivity contribution is -0.121. The first-order valence-corrected chi connectivity index (χ1v) is 9.80. The van der Waals surface area contributed by atoms with Crippen LogP contribution in [0.25, 0.3) is 0 Å². The van der Waals surface area contributed by atoms with Crippen LogP contribution in [0.3, 0.4) is 0 Å². The van der Waals surface area contributed by atoms with Gasteiger partial charge in [-0.3, -0.25) is 4.79 Å². The third-order valence-corrected chi connectivity index (χ3v) is 6.29. The van der Waals surface area contributed by atoms with Gasteiger partial charge in [0.2, 0.25) is 15.9 Å². The molecule has 1 amide bonds. The standard InChI is InChI=1S/C18H30N2O3S/c1-11(2)10-19-17(21)8-9-20-24(22,23)18-15(6)13(4)12(3)14(5)16(18)7/h11,20H,8-10H2,1-7H3,(H,19,21). The van der Waals surface area contributed by atoms with E-state index in [0.717, 1.165) is 27.8 Å². The summed E-state index contributed by atoms with van der Waals surface area (Å²) < 4.78 is 27.9. The number of benzene rings is 1. The Bertz CT molecular complexity index is 693. The summed E-state index contributed by atoms with van der Waals surface area (Å²) in [4.78, 5) is 12.0. The Kier molecular flexibility index (Phi) is 6.98. The predicted octanol–water partition coefficient (Wildman–Crippen LogP) is 2.67. The SMILES string of the molecule is Cc1c(C)c(C)c(S(=O)(=O)NCCC(=O)NCC(C)C)c(C)c1C. The zero-order chi connectivity index (χ0) is 18.7. The maximum absolute atomic E-state index is 12.7. The molecule has 0 aliphatic rings. The van der Waals surface area contributed by atoms with Crippen LogP contribution >= 0.6 is 0 Å². The van der Waals surface area contributed by atoms with E-state index >= 15 is 0 Å². The van der Waals surface area contributed by atoms with E-state index in [1.165, 1.54) is 0 Å². The fraction of sp³-hybridized carbons (Fsp3) is 0.611. The molecule has 0 saturated heterocycles. The van der Waals surface area contributed by atoms with Crippen LogP contribution in [0, 0.1) is 40.5 Å². The summed E-state index contributed by atoms with van der Waals surface area (Å²) >= 11 is 0. The molecule has 0 aliphatic heterocycles. The smallest absolute Gasteiger partial charge is 0.241 e. The molecule has 24 heavy (non-hydrogen) atoms. The number of carbonyl (C=O) groups excluding carboxylic acids is 1. The molecule has 5 nitrogen and oxygen atoms in total. The summed E-state index contributed by atoms with van der Waals surface area (Å²) in [6.07, 6.45) is 0.133. The second kappa shape index (κ2) is 8.12. The average molecular weight is 355 g/mol. The van der Waals surface area contributed by atoms with Crippen molar-refractivity contribution in [3.8, 4) is 0 Å². The summed E-state index contributed by atoms with van der Waals surface area (Å²) in [6.45, 7) is 14.3. The Morgan fingerprint density at radius 2 is 1.38 bits per heavy atom. The molecule has 6 heteroatoms. The van der Waals surface area contributed by atoms with Crippen molar-refractivity contribution >= 4 is 15.9 Å². The molecular weight excluding hydrogens is 324 g/mol. The van der Waals surface area contributed by atoms with E-state index in [1.807, 2.05) is 48.5 Å². The molecule has 0 aliphatic carbocycles. The summed E-state index contributed by atoms with van der Waals surface area (Å²) in [5.41, 5.74) is 4.65. The number of nitrogens with one attached hydrogen (secondary N) is 2. The molecule has 1 aromatic rings. The molecule has 2 N–H and O–H groups in total. The van der Waals surface area contributed by atoms with Gasteiger partial charge >= 0.3 is 0 Å². The monoisotopic (exact) mass is 354 g/mol. The van der Waals surface area contributed by atoms with Crippen LogP contribution < -0.4 is 10.0 Å². The van der Waals surface area contributed by atoms with Gasteiger partial charge in [-0.1, -0.05) is 13.8 Å². The van der Waals surface area contributed by atoms with E-state index in [0.29, 0.717) is 17.4 Å². The maximum atomic E-state index is 12.7. The van der Waals surface area contributed by atoms with Gasteiger partial charge in [0.1, 0.15) is 0 Å². The third kappa shape index (κ3) is 4.80. The highest BCUT2D eigenvalue weighted by Crippen LogP contribution is 2.29. The Balaban J connectivity index is 2.89. The minimum Gasteiger partial charge on any atom is -0.356 e. The molecule has 0 atom stereocenters. The van der Waals surface area contributed by atoms with Gasteiger partial charge in [0.05, 0.1) is 4.90 Å². The van der Waals surface area contributed by atoms with Crippen LogP contribution in [-0.4, -0.2) is 27.4 Å². The van der Waals surface area contributed by atoms with Crippen LogP contribution in [0.1, 0.15) is 48.1 Å². The molecule has 1 rings (SSSR count). The lowest BCUT2D eigenvalue weighted by atomic mass is 9.95. The molecule has 0 fully saturated rings. The summed E-state index contributed by atoms with van der Waals surface area (Å²) in [5, 5.41) is 2.78. The number of amides is 1.